The normalized spacial score (nSPS) is 11.2. The van der Waals surface area contributed by atoms with Gasteiger partial charge in [-0.3, -0.25) is 0 Å². The molecule has 0 aliphatic carbocycles. The SMILES string of the molecule is Cc1ccc(OCC(=O)O)cc1C(F)(F)F. The highest BCUT2D eigenvalue weighted by molar-refractivity contribution is 5.68. The Hall–Kier alpha value is -1.72. The number of ether oxygens (including phenoxy) is 1. The molecular formula is C10H9F3O3. The molecule has 0 unspecified atom stereocenters. The molecule has 88 valence electrons. The fourth-order valence-electron chi connectivity index (χ4n) is 1.14. The third-order valence-electron chi connectivity index (χ3n) is 1.88. The molecule has 0 amide bonds. The van der Waals surface area contributed by atoms with Gasteiger partial charge in [0.15, 0.2) is 6.61 Å². The zero-order valence-corrected chi connectivity index (χ0v) is 8.34. The van der Waals surface area contributed by atoms with Crippen LogP contribution in [0.25, 0.3) is 0 Å². The van der Waals surface area contributed by atoms with Crippen LogP contribution >= 0.6 is 0 Å². The summed E-state index contributed by atoms with van der Waals surface area (Å²) in [7, 11) is 0. The Balaban J connectivity index is 2.94. The van der Waals surface area contributed by atoms with E-state index in [2.05, 4.69) is 4.74 Å². The number of carbonyl (C=O) groups is 1. The van der Waals surface area contributed by atoms with Gasteiger partial charge < -0.3 is 9.84 Å². The average Bonchev–Trinajstić information content (AvgIpc) is 2.14. The second-order valence-electron chi connectivity index (χ2n) is 3.16. The van der Waals surface area contributed by atoms with E-state index in [1.54, 1.807) is 0 Å². The van der Waals surface area contributed by atoms with Crippen LogP contribution in [0, 0.1) is 6.92 Å². The lowest BCUT2D eigenvalue weighted by Gasteiger charge is -2.12. The van der Waals surface area contributed by atoms with Gasteiger partial charge in [-0.15, -0.1) is 0 Å². The van der Waals surface area contributed by atoms with E-state index in [4.69, 9.17) is 5.11 Å². The molecule has 16 heavy (non-hydrogen) atoms. The van der Waals surface area contributed by atoms with Crippen LogP contribution in [0.1, 0.15) is 11.1 Å². The van der Waals surface area contributed by atoms with Crippen molar-refractivity contribution in [1.29, 1.82) is 0 Å². The maximum Gasteiger partial charge on any atom is 0.416 e. The van der Waals surface area contributed by atoms with Gasteiger partial charge in [-0.25, -0.2) is 4.79 Å². The number of hydrogen-bond donors (Lipinski definition) is 1. The highest BCUT2D eigenvalue weighted by Crippen LogP contribution is 2.33. The molecule has 0 radical (unpaired) electrons. The first-order valence-corrected chi connectivity index (χ1v) is 4.33. The first-order chi connectivity index (χ1) is 7.30. The average molecular weight is 234 g/mol. The van der Waals surface area contributed by atoms with Crippen molar-refractivity contribution in [2.45, 2.75) is 13.1 Å². The van der Waals surface area contributed by atoms with Crippen LogP contribution in [0.15, 0.2) is 18.2 Å². The summed E-state index contributed by atoms with van der Waals surface area (Å²) < 4.78 is 42.0. The van der Waals surface area contributed by atoms with Gasteiger partial charge in [0, 0.05) is 0 Å². The molecule has 0 bridgehead atoms. The number of carboxylic acids is 1. The van der Waals surface area contributed by atoms with E-state index in [0.717, 1.165) is 6.07 Å². The number of rotatable bonds is 3. The molecule has 0 aromatic heterocycles. The summed E-state index contributed by atoms with van der Waals surface area (Å²) in [6.07, 6.45) is -4.47. The monoisotopic (exact) mass is 234 g/mol. The molecule has 1 aromatic rings. The summed E-state index contributed by atoms with van der Waals surface area (Å²) in [6, 6.07) is 3.33. The second-order valence-corrected chi connectivity index (χ2v) is 3.16. The number of alkyl halides is 3. The molecule has 0 aliphatic heterocycles. The van der Waals surface area contributed by atoms with E-state index >= 15 is 0 Å². The minimum absolute atomic E-state index is 0.0650. The highest BCUT2D eigenvalue weighted by atomic mass is 19.4. The smallest absolute Gasteiger partial charge is 0.416 e. The molecule has 6 heteroatoms. The Morgan fingerprint density at radius 2 is 2.06 bits per heavy atom. The lowest BCUT2D eigenvalue weighted by atomic mass is 10.1. The Morgan fingerprint density at radius 1 is 1.44 bits per heavy atom. The lowest BCUT2D eigenvalue weighted by Crippen LogP contribution is -2.11. The van der Waals surface area contributed by atoms with Crippen molar-refractivity contribution >= 4 is 5.97 Å². The van der Waals surface area contributed by atoms with Crippen molar-refractivity contribution in [2.24, 2.45) is 0 Å². The first kappa shape index (κ1) is 12.4. The third-order valence-corrected chi connectivity index (χ3v) is 1.88. The van der Waals surface area contributed by atoms with Crippen molar-refractivity contribution in [3.63, 3.8) is 0 Å². The Bertz CT molecular complexity index is 399. The molecular weight excluding hydrogens is 225 g/mol. The van der Waals surface area contributed by atoms with E-state index in [-0.39, 0.29) is 11.3 Å². The zero-order valence-electron chi connectivity index (χ0n) is 8.34. The molecule has 3 nitrogen and oxygen atoms in total. The van der Waals surface area contributed by atoms with Crippen LogP contribution in [0.5, 0.6) is 5.75 Å². The van der Waals surface area contributed by atoms with Gasteiger partial charge >= 0.3 is 12.1 Å². The maximum atomic E-state index is 12.5. The van der Waals surface area contributed by atoms with Crippen LogP contribution in [0.4, 0.5) is 13.2 Å². The van der Waals surface area contributed by atoms with E-state index in [9.17, 15) is 18.0 Å². The Kier molecular flexibility index (Phi) is 3.41. The van der Waals surface area contributed by atoms with Gasteiger partial charge in [0.2, 0.25) is 0 Å². The maximum absolute atomic E-state index is 12.5. The number of benzene rings is 1. The number of halogens is 3. The van der Waals surface area contributed by atoms with Gasteiger partial charge in [-0.05, 0) is 24.6 Å². The molecule has 0 spiro atoms. The number of aliphatic carboxylic acids is 1. The summed E-state index contributed by atoms with van der Waals surface area (Å²) in [5.74, 6) is -1.35. The molecule has 0 atom stereocenters. The van der Waals surface area contributed by atoms with E-state index in [1.165, 1.54) is 19.1 Å². The standard InChI is InChI=1S/C10H9F3O3/c1-6-2-3-7(16-5-9(14)15)4-8(6)10(11,12)13/h2-4H,5H2,1H3,(H,14,15). The Morgan fingerprint density at radius 3 is 2.56 bits per heavy atom. The van der Waals surface area contributed by atoms with Gasteiger partial charge in [-0.1, -0.05) is 6.07 Å². The van der Waals surface area contributed by atoms with Crippen LogP contribution in [0.3, 0.4) is 0 Å². The van der Waals surface area contributed by atoms with Crippen LogP contribution in [-0.2, 0) is 11.0 Å². The predicted molar refractivity (Wildman–Crippen MR) is 49.3 cm³/mol. The van der Waals surface area contributed by atoms with Gasteiger partial charge in [0.25, 0.3) is 0 Å². The molecule has 0 heterocycles. The molecule has 1 rings (SSSR count). The minimum atomic E-state index is -4.47. The largest absolute Gasteiger partial charge is 0.482 e. The molecule has 1 aromatic carbocycles. The Labute approximate surface area is 89.5 Å². The number of aryl methyl sites for hydroxylation is 1. The molecule has 0 saturated carbocycles. The fourth-order valence-corrected chi connectivity index (χ4v) is 1.14. The molecule has 0 aliphatic rings. The van der Waals surface area contributed by atoms with Crippen molar-refractivity contribution in [3.05, 3.63) is 29.3 Å². The van der Waals surface area contributed by atoms with Crippen LogP contribution in [0.2, 0.25) is 0 Å². The fraction of sp³-hybridized carbons (Fsp3) is 0.300. The quantitative estimate of drug-likeness (QED) is 0.873. The van der Waals surface area contributed by atoms with Gasteiger partial charge in [0.1, 0.15) is 5.75 Å². The van der Waals surface area contributed by atoms with E-state index < -0.39 is 24.3 Å². The number of carboxylic acid groups (broad SMARTS) is 1. The summed E-state index contributed by atoms with van der Waals surface area (Å²) in [5, 5.41) is 8.31. The van der Waals surface area contributed by atoms with Gasteiger partial charge in [0.05, 0.1) is 5.56 Å². The molecule has 0 saturated heterocycles. The first-order valence-electron chi connectivity index (χ1n) is 4.33. The lowest BCUT2D eigenvalue weighted by molar-refractivity contribution is -0.139. The minimum Gasteiger partial charge on any atom is -0.482 e. The molecule has 1 N–H and O–H groups in total. The van der Waals surface area contributed by atoms with E-state index in [0.29, 0.717) is 0 Å². The highest BCUT2D eigenvalue weighted by Gasteiger charge is 2.32. The van der Waals surface area contributed by atoms with Crippen molar-refractivity contribution in [2.75, 3.05) is 6.61 Å². The summed E-state index contributed by atoms with van der Waals surface area (Å²) in [6.45, 7) is 0.657. The van der Waals surface area contributed by atoms with Crippen LogP contribution in [-0.4, -0.2) is 17.7 Å². The topological polar surface area (TPSA) is 46.5 Å². The summed E-state index contributed by atoms with van der Waals surface area (Å²) >= 11 is 0. The second kappa shape index (κ2) is 4.42. The molecule has 0 fully saturated rings. The van der Waals surface area contributed by atoms with E-state index in [1.807, 2.05) is 0 Å². The number of hydrogen-bond acceptors (Lipinski definition) is 2. The van der Waals surface area contributed by atoms with Gasteiger partial charge in [-0.2, -0.15) is 13.2 Å². The van der Waals surface area contributed by atoms with Crippen molar-refractivity contribution in [3.8, 4) is 5.75 Å². The summed E-state index contributed by atoms with van der Waals surface area (Å²) in [4.78, 5) is 10.2. The summed E-state index contributed by atoms with van der Waals surface area (Å²) in [5.41, 5.74) is -0.759. The van der Waals surface area contributed by atoms with Crippen molar-refractivity contribution < 1.29 is 27.8 Å². The third kappa shape index (κ3) is 3.15. The predicted octanol–water partition coefficient (Wildman–Crippen LogP) is 2.48. The van der Waals surface area contributed by atoms with Crippen molar-refractivity contribution in [1.82, 2.24) is 0 Å². The van der Waals surface area contributed by atoms with Crippen LogP contribution < -0.4 is 4.74 Å². The zero-order chi connectivity index (χ0) is 12.3.